The van der Waals surface area contributed by atoms with Crippen LogP contribution in [0.5, 0.6) is 17.2 Å². The van der Waals surface area contributed by atoms with Gasteiger partial charge < -0.3 is 44.2 Å². The van der Waals surface area contributed by atoms with E-state index in [1.54, 1.807) is 12.1 Å². The molecule has 1 aliphatic heterocycles. The van der Waals surface area contributed by atoms with Gasteiger partial charge in [0.2, 0.25) is 5.43 Å². The molecule has 4 rings (SSSR count). The quantitative estimate of drug-likeness (QED) is 0.378. The molecule has 0 bridgehead atoms. The second-order valence-corrected chi connectivity index (χ2v) is 7.40. The first-order valence-electron chi connectivity index (χ1n) is 9.73. The molecule has 1 aromatic heterocycles. The topological polar surface area (TPSA) is 159 Å². The van der Waals surface area contributed by atoms with E-state index >= 15 is 0 Å². The number of aliphatic hydroxyl groups is 3. The third-order valence-corrected chi connectivity index (χ3v) is 5.32. The average molecular weight is 446 g/mol. The Morgan fingerprint density at radius 2 is 1.72 bits per heavy atom. The Hall–Kier alpha value is -3.15. The van der Waals surface area contributed by atoms with Crippen molar-refractivity contribution in [1.29, 1.82) is 0 Å². The highest BCUT2D eigenvalue weighted by Gasteiger charge is 2.44. The van der Waals surface area contributed by atoms with Crippen LogP contribution in [-0.4, -0.2) is 70.0 Å². The molecular weight excluding hydrogens is 424 g/mol. The molecule has 0 unspecified atom stereocenters. The number of aliphatic hydroxyl groups excluding tert-OH is 3. The van der Waals surface area contributed by atoms with Crippen molar-refractivity contribution in [1.82, 2.24) is 0 Å². The molecule has 1 fully saturated rings. The van der Waals surface area contributed by atoms with Crippen molar-refractivity contribution >= 4 is 11.0 Å². The van der Waals surface area contributed by atoms with E-state index in [0.717, 1.165) is 0 Å². The van der Waals surface area contributed by atoms with Crippen LogP contribution in [0.2, 0.25) is 0 Å². The van der Waals surface area contributed by atoms with E-state index in [2.05, 4.69) is 0 Å². The number of ether oxygens (including phenoxy) is 3. The first-order chi connectivity index (χ1) is 15.3. The summed E-state index contributed by atoms with van der Waals surface area (Å²) in [5.74, 6) is -0.197. The van der Waals surface area contributed by atoms with E-state index < -0.39 is 36.1 Å². The SMILES string of the molecule is CO[C@H]1O[C@H](COc2cc(O)c3c(=O)c(-c4ccc(O)cc4)coc3c2)[C@@H](O)[C@H](O)[C@H]1O. The van der Waals surface area contributed by atoms with Crippen molar-refractivity contribution < 1.29 is 44.2 Å². The fourth-order valence-electron chi connectivity index (χ4n) is 3.56. The van der Waals surface area contributed by atoms with Crippen LogP contribution in [0.1, 0.15) is 0 Å². The summed E-state index contributed by atoms with van der Waals surface area (Å²) in [7, 11) is 1.28. The Labute approximate surface area is 181 Å². The zero-order valence-corrected chi connectivity index (χ0v) is 16.9. The molecule has 32 heavy (non-hydrogen) atoms. The van der Waals surface area contributed by atoms with Gasteiger partial charge in [0.05, 0.1) is 5.56 Å². The van der Waals surface area contributed by atoms with Crippen molar-refractivity contribution in [2.75, 3.05) is 13.7 Å². The first-order valence-corrected chi connectivity index (χ1v) is 9.73. The normalized spacial score (nSPS) is 25.7. The fourth-order valence-corrected chi connectivity index (χ4v) is 3.56. The first kappa shape index (κ1) is 22.1. The molecule has 10 heteroatoms. The molecule has 5 N–H and O–H groups in total. The summed E-state index contributed by atoms with van der Waals surface area (Å²) in [6.45, 7) is -0.244. The molecule has 2 aromatic carbocycles. The Balaban J connectivity index is 1.58. The minimum Gasteiger partial charge on any atom is -0.508 e. The monoisotopic (exact) mass is 446 g/mol. The molecule has 0 aliphatic carbocycles. The number of fused-ring (bicyclic) bond motifs is 1. The third-order valence-electron chi connectivity index (χ3n) is 5.32. The van der Waals surface area contributed by atoms with Gasteiger partial charge in [-0.2, -0.15) is 0 Å². The largest absolute Gasteiger partial charge is 0.508 e. The van der Waals surface area contributed by atoms with Gasteiger partial charge >= 0.3 is 0 Å². The summed E-state index contributed by atoms with van der Waals surface area (Å²) in [6, 6.07) is 8.58. The number of methoxy groups -OCH3 is 1. The highest BCUT2D eigenvalue weighted by molar-refractivity contribution is 5.88. The lowest BCUT2D eigenvalue weighted by atomic mass is 9.99. The van der Waals surface area contributed by atoms with Crippen LogP contribution in [0.4, 0.5) is 0 Å². The van der Waals surface area contributed by atoms with Gasteiger partial charge in [0.25, 0.3) is 0 Å². The number of benzene rings is 2. The lowest BCUT2D eigenvalue weighted by Crippen LogP contribution is -2.59. The molecular formula is C22H22O10. The van der Waals surface area contributed by atoms with Crippen molar-refractivity contribution in [2.24, 2.45) is 0 Å². The fraction of sp³-hybridized carbons (Fsp3) is 0.318. The van der Waals surface area contributed by atoms with Crippen LogP contribution in [0.3, 0.4) is 0 Å². The minimum absolute atomic E-state index is 0.0464. The zero-order chi connectivity index (χ0) is 23.0. The number of phenolic OH excluding ortho intramolecular Hbond substituents is 2. The molecule has 0 amide bonds. The van der Waals surface area contributed by atoms with Gasteiger partial charge in [-0.05, 0) is 17.7 Å². The number of rotatable bonds is 5. The molecule has 5 atom stereocenters. The number of aromatic hydroxyl groups is 2. The van der Waals surface area contributed by atoms with Crippen molar-refractivity contribution in [3.05, 3.63) is 52.9 Å². The zero-order valence-electron chi connectivity index (χ0n) is 16.9. The van der Waals surface area contributed by atoms with Crippen LogP contribution >= 0.6 is 0 Å². The van der Waals surface area contributed by atoms with Crippen molar-refractivity contribution in [2.45, 2.75) is 30.7 Å². The van der Waals surface area contributed by atoms with Crippen molar-refractivity contribution in [3.8, 4) is 28.4 Å². The predicted octanol–water partition coefficient (Wildman–Crippen LogP) is 0.704. The standard InChI is InChI=1S/C22H22O10/c1-29-22-21(28)20(27)19(26)16(32-22)9-30-12-6-14(24)17-15(7-12)31-8-13(18(17)25)10-2-4-11(23)5-3-10/h2-8,16,19-24,26-28H,9H2,1H3/t16-,19-,20+,21-,22+/m1/s1. The summed E-state index contributed by atoms with van der Waals surface area (Å²) in [5.41, 5.74) is 0.323. The maximum atomic E-state index is 12.9. The molecule has 10 nitrogen and oxygen atoms in total. The maximum absolute atomic E-state index is 12.9. The van der Waals surface area contributed by atoms with Gasteiger partial charge in [0.15, 0.2) is 6.29 Å². The molecule has 1 aliphatic rings. The summed E-state index contributed by atoms with van der Waals surface area (Å²) in [6.07, 6.45) is -5.29. The number of phenols is 2. The molecule has 0 saturated carbocycles. The van der Waals surface area contributed by atoms with Crippen LogP contribution in [0.15, 0.2) is 51.9 Å². The lowest BCUT2D eigenvalue weighted by molar-refractivity contribution is -0.293. The van der Waals surface area contributed by atoms with Gasteiger partial charge in [-0.25, -0.2) is 0 Å². The van der Waals surface area contributed by atoms with Gasteiger partial charge in [-0.1, -0.05) is 12.1 Å². The third kappa shape index (κ3) is 4.01. The molecule has 0 radical (unpaired) electrons. The van der Waals surface area contributed by atoms with Crippen LogP contribution in [0, 0.1) is 0 Å². The van der Waals surface area contributed by atoms with E-state index in [1.165, 1.54) is 37.6 Å². The van der Waals surface area contributed by atoms with E-state index in [1.807, 2.05) is 0 Å². The van der Waals surface area contributed by atoms with Crippen molar-refractivity contribution in [3.63, 3.8) is 0 Å². The summed E-state index contributed by atoms with van der Waals surface area (Å²) >= 11 is 0. The Bertz CT molecular complexity index is 1150. The van der Waals surface area contributed by atoms with E-state index in [-0.39, 0.29) is 40.4 Å². The molecule has 2 heterocycles. The van der Waals surface area contributed by atoms with Gasteiger partial charge in [-0.3, -0.25) is 4.79 Å². The average Bonchev–Trinajstić information content (AvgIpc) is 2.78. The molecule has 170 valence electrons. The molecule has 3 aromatic rings. The second-order valence-electron chi connectivity index (χ2n) is 7.40. The summed E-state index contributed by atoms with van der Waals surface area (Å²) in [4.78, 5) is 12.9. The minimum atomic E-state index is -1.50. The highest BCUT2D eigenvalue weighted by atomic mass is 16.7. The maximum Gasteiger partial charge on any atom is 0.204 e. The van der Waals surface area contributed by atoms with E-state index in [9.17, 15) is 30.3 Å². The van der Waals surface area contributed by atoms with Crippen LogP contribution in [0.25, 0.3) is 22.1 Å². The van der Waals surface area contributed by atoms with Gasteiger partial charge in [-0.15, -0.1) is 0 Å². The number of hydrogen-bond acceptors (Lipinski definition) is 10. The lowest BCUT2D eigenvalue weighted by Gasteiger charge is -2.39. The Morgan fingerprint density at radius 3 is 2.41 bits per heavy atom. The predicted molar refractivity (Wildman–Crippen MR) is 110 cm³/mol. The Morgan fingerprint density at radius 1 is 1.00 bits per heavy atom. The summed E-state index contributed by atoms with van der Waals surface area (Å²) in [5, 5.41) is 49.7. The molecule has 1 saturated heterocycles. The van der Waals surface area contributed by atoms with Gasteiger partial charge in [0, 0.05) is 19.2 Å². The Kier molecular flexibility index (Phi) is 6.04. The number of hydrogen-bond donors (Lipinski definition) is 5. The molecule has 0 spiro atoms. The van der Waals surface area contributed by atoms with E-state index in [0.29, 0.717) is 5.56 Å². The second kappa shape index (κ2) is 8.77. The smallest absolute Gasteiger partial charge is 0.204 e. The van der Waals surface area contributed by atoms with Crippen LogP contribution in [-0.2, 0) is 9.47 Å². The van der Waals surface area contributed by atoms with Crippen LogP contribution < -0.4 is 10.2 Å². The van der Waals surface area contributed by atoms with E-state index in [4.69, 9.17) is 18.6 Å². The summed E-state index contributed by atoms with van der Waals surface area (Å²) < 4.78 is 21.4. The van der Waals surface area contributed by atoms with Gasteiger partial charge in [0.1, 0.15) is 65.5 Å². The highest BCUT2D eigenvalue weighted by Crippen LogP contribution is 2.31.